The minimum atomic E-state index is -0.424. The van der Waals surface area contributed by atoms with Gasteiger partial charge in [-0.2, -0.15) is 0 Å². The molecule has 1 aromatic carbocycles. The van der Waals surface area contributed by atoms with Crippen molar-refractivity contribution in [2.24, 2.45) is 0 Å². The van der Waals surface area contributed by atoms with E-state index in [0.29, 0.717) is 16.9 Å². The maximum atomic E-state index is 11.4. The van der Waals surface area contributed by atoms with Crippen molar-refractivity contribution in [2.75, 3.05) is 16.1 Å². The quantitative estimate of drug-likeness (QED) is 0.640. The minimum Gasteiger partial charge on any atom is -0.479 e. The van der Waals surface area contributed by atoms with Gasteiger partial charge in [0.25, 0.3) is 5.91 Å². The highest BCUT2D eigenvalue weighted by Crippen LogP contribution is 2.32. The molecule has 1 aliphatic heterocycles. The molecule has 0 fully saturated rings. The van der Waals surface area contributed by atoms with Crippen LogP contribution in [0.2, 0.25) is 0 Å². The molecule has 5 heteroatoms. The first-order chi connectivity index (χ1) is 7.20. The van der Waals surface area contributed by atoms with E-state index in [-0.39, 0.29) is 5.91 Å². The molecule has 2 N–H and O–H groups in total. The van der Waals surface area contributed by atoms with E-state index < -0.39 is 6.10 Å². The second-order valence-corrected chi connectivity index (χ2v) is 3.83. The number of fused-ring (bicyclic) bond motifs is 1. The zero-order valence-electron chi connectivity index (χ0n) is 8.21. The Morgan fingerprint density at radius 3 is 3.13 bits per heavy atom. The predicted molar refractivity (Wildman–Crippen MR) is 62.6 cm³/mol. The van der Waals surface area contributed by atoms with Gasteiger partial charge in [-0.25, -0.2) is 0 Å². The molecule has 0 aliphatic carbocycles. The normalized spacial score (nSPS) is 18.8. The Labute approximate surface area is 96.1 Å². The lowest BCUT2D eigenvalue weighted by atomic mass is 10.2. The number of ether oxygens (including phenoxy) is 1. The maximum absolute atomic E-state index is 11.4. The van der Waals surface area contributed by atoms with Gasteiger partial charge in [-0.15, -0.1) is 0 Å². The maximum Gasteiger partial charge on any atom is 0.265 e. The molecule has 0 aromatic heterocycles. The Kier molecular flexibility index (Phi) is 2.81. The lowest BCUT2D eigenvalue weighted by Crippen LogP contribution is -2.34. The number of anilines is 2. The molecule has 1 amide bonds. The van der Waals surface area contributed by atoms with Crippen molar-refractivity contribution >= 4 is 33.2 Å². The fraction of sp³-hybridized carbons (Fsp3) is 0.300. The first kappa shape index (κ1) is 10.3. The van der Waals surface area contributed by atoms with Crippen LogP contribution < -0.4 is 15.4 Å². The van der Waals surface area contributed by atoms with Crippen LogP contribution in [-0.2, 0) is 4.79 Å². The zero-order chi connectivity index (χ0) is 10.8. The molecule has 80 valence electrons. The molecule has 15 heavy (non-hydrogen) atoms. The van der Waals surface area contributed by atoms with Gasteiger partial charge in [-0.05, 0) is 25.1 Å². The van der Waals surface area contributed by atoms with Gasteiger partial charge in [-0.3, -0.25) is 4.79 Å². The van der Waals surface area contributed by atoms with Crippen LogP contribution in [0.25, 0.3) is 0 Å². The monoisotopic (exact) mass is 270 g/mol. The van der Waals surface area contributed by atoms with E-state index >= 15 is 0 Å². The first-order valence-corrected chi connectivity index (χ1v) is 5.74. The van der Waals surface area contributed by atoms with Gasteiger partial charge in [0.2, 0.25) is 0 Å². The van der Waals surface area contributed by atoms with Crippen molar-refractivity contribution < 1.29 is 9.53 Å². The van der Waals surface area contributed by atoms with E-state index in [1.807, 2.05) is 18.2 Å². The van der Waals surface area contributed by atoms with Crippen LogP contribution in [0.5, 0.6) is 5.75 Å². The van der Waals surface area contributed by atoms with Crippen LogP contribution in [0, 0.1) is 0 Å². The van der Waals surface area contributed by atoms with Crippen molar-refractivity contribution in [1.82, 2.24) is 0 Å². The van der Waals surface area contributed by atoms with E-state index in [4.69, 9.17) is 4.74 Å². The number of benzene rings is 1. The number of hydrogen-bond acceptors (Lipinski definition) is 3. The van der Waals surface area contributed by atoms with Crippen LogP contribution in [-0.4, -0.2) is 17.5 Å². The Morgan fingerprint density at radius 1 is 1.60 bits per heavy atom. The SMILES string of the molecule is CC1Oc2ccc(NCBr)cc2NC1=O. The average Bonchev–Trinajstić information content (AvgIpc) is 2.21. The molecular formula is C10H11BrN2O2. The summed E-state index contributed by atoms with van der Waals surface area (Å²) in [5, 5.41) is 5.88. The number of amides is 1. The largest absolute Gasteiger partial charge is 0.479 e. The molecule has 1 aromatic rings. The number of nitrogens with one attached hydrogen (secondary N) is 2. The second kappa shape index (κ2) is 4.10. The summed E-state index contributed by atoms with van der Waals surface area (Å²) >= 11 is 3.27. The number of rotatable bonds is 2. The molecule has 1 atom stereocenters. The van der Waals surface area contributed by atoms with Gasteiger partial charge in [0.15, 0.2) is 6.10 Å². The van der Waals surface area contributed by atoms with Gasteiger partial charge in [0.05, 0.1) is 11.1 Å². The van der Waals surface area contributed by atoms with E-state index in [9.17, 15) is 4.79 Å². The van der Waals surface area contributed by atoms with Crippen LogP contribution in [0.15, 0.2) is 18.2 Å². The van der Waals surface area contributed by atoms with E-state index in [0.717, 1.165) is 5.69 Å². The second-order valence-electron chi connectivity index (χ2n) is 3.27. The fourth-order valence-corrected chi connectivity index (χ4v) is 1.72. The summed E-state index contributed by atoms with van der Waals surface area (Å²) < 4.78 is 5.43. The van der Waals surface area contributed by atoms with Crippen molar-refractivity contribution in [1.29, 1.82) is 0 Å². The molecule has 1 aliphatic rings. The van der Waals surface area contributed by atoms with Crippen molar-refractivity contribution in [3.8, 4) is 5.75 Å². The molecule has 0 spiro atoms. The number of carbonyl (C=O) groups is 1. The number of alkyl halides is 1. The highest BCUT2D eigenvalue weighted by Gasteiger charge is 2.23. The summed E-state index contributed by atoms with van der Waals surface area (Å²) in [5.74, 6) is 0.598. The Bertz CT molecular complexity index is 395. The van der Waals surface area contributed by atoms with Crippen LogP contribution in [0.3, 0.4) is 0 Å². The molecule has 2 rings (SSSR count). The molecule has 1 unspecified atom stereocenters. The Morgan fingerprint density at radius 2 is 2.40 bits per heavy atom. The predicted octanol–water partition coefficient (Wildman–Crippen LogP) is 2.17. The molecule has 1 heterocycles. The van der Waals surface area contributed by atoms with Crippen molar-refractivity contribution in [3.05, 3.63) is 18.2 Å². The van der Waals surface area contributed by atoms with Crippen LogP contribution in [0.4, 0.5) is 11.4 Å². The number of hydrogen-bond donors (Lipinski definition) is 2. The van der Waals surface area contributed by atoms with E-state index in [2.05, 4.69) is 26.6 Å². The lowest BCUT2D eigenvalue weighted by molar-refractivity contribution is -0.122. The van der Waals surface area contributed by atoms with Crippen molar-refractivity contribution in [3.63, 3.8) is 0 Å². The van der Waals surface area contributed by atoms with E-state index in [1.165, 1.54) is 0 Å². The summed E-state index contributed by atoms with van der Waals surface area (Å²) in [6.07, 6.45) is -0.424. The smallest absolute Gasteiger partial charge is 0.265 e. The Hall–Kier alpha value is -1.23. The topological polar surface area (TPSA) is 50.4 Å². The minimum absolute atomic E-state index is 0.113. The standard InChI is InChI=1S/C10H11BrN2O2/c1-6-10(14)13-8-4-7(12-5-11)2-3-9(8)15-6/h2-4,6,12H,5H2,1H3,(H,13,14). The average molecular weight is 271 g/mol. The van der Waals surface area contributed by atoms with Crippen LogP contribution in [0.1, 0.15) is 6.92 Å². The molecule has 0 saturated heterocycles. The van der Waals surface area contributed by atoms with Gasteiger partial charge < -0.3 is 15.4 Å². The molecule has 0 saturated carbocycles. The summed E-state index contributed by atoms with van der Waals surface area (Å²) in [6.45, 7) is 1.73. The molecule has 0 radical (unpaired) electrons. The zero-order valence-corrected chi connectivity index (χ0v) is 9.80. The highest BCUT2D eigenvalue weighted by atomic mass is 79.9. The van der Waals surface area contributed by atoms with Gasteiger partial charge >= 0.3 is 0 Å². The molecule has 0 bridgehead atoms. The van der Waals surface area contributed by atoms with E-state index in [1.54, 1.807) is 6.92 Å². The Balaban J connectivity index is 2.29. The van der Waals surface area contributed by atoms with Gasteiger partial charge in [-0.1, -0.05) is 15.9 Å². The summed E-state index contributed by atoms with van der Waals surface area (Å²) in [5.41, 5.74) is 2.31. The molecular weight excluding hydrogens is 260 g/mol. The van der Waals surface area contributed by atoms with Crippen molar-refractivity contribution in [2.45, 2.75) is 13.0 Å². The first-order valence-electron chi connectivity index (χ1n) is 4.62. The molecule has 4 nitrogen and oxygen atoms in total. The highest BCUT2D eigenvalue weighted by molar-refractivity contribution is 9.09. The number of carbonyl (C=O) groups excluding carboxylic acids is 1. The lowest BCUT2D eigenvalue weighted by Gasteiger charge is -2.23. The summed E-state index contributed by atoms with van der Waals surface area (Å²) in [6, 6.07) is 5.60. The number of halogens is 1. The summed E-state index contributed by atoms with van der Waals surface area (Å²) in [7, 11) is 0. The third kappa shape index (κ3) is 2.07. The van der Waals surface area contributed by atoms with Crippen LogP contribution >= 0.6 is 15.9 Å². The third-order valence-electron chi connectivity index (χ3n) is 2.18. The third-order valence-corrected chi connectivity index (χ3v) is 2.46. The van der Waals surface area contributed by atoms with Gasteiger partial charge in [0.1, 0.15) is 5.75 Å². The van der Waals surface area contributed by atoms with Gasteiger partial charge in [0, 0.05) is 5.69 Å². The summed E-state index contributed by atoms with van der Waals surface area (Å²) in [4.78, 5) is 11.4. The fourth-order valence-electron chi connectivity index (χ4n) is 1.40.